The van der Waals surface area contributed by atoms with Crippen LogP contribution in [0.25, 0.3) is 0 Å². The molecule has 1 aliphatic rings. The number of rotatable bonds is 3. The van der Waals surface area contributed by atoms with Gasteiger partial charge in [0, 0.05) is 31.2 Å². The predicted molar refractivity (Wildman–Crippen MR) is 80.1 cm³/mol. The van der Waals surface area contributed by atoms with Crippen LogP contribution in [0.4, 0.5) is 5.69 Å². The Morgan fingerprint density at radius 3 is 2.86 bits per heavy atom. The Balaban J connectivity index is 1.93. The molecule has 3 rings (SSSR count). The molecule has 0 amide bonds. The molecule has 1 aliphatic heterocycles. The summed E-state index contributed by atoms with van der Waals surface area (Å²) in [6.07, 6.45) is 4.35. The number of fused-ring (bicyclic) bond motifs is 1. The molecule has 0 aliphatic carbocycles. The molecule has 0 atom stereocenters. The molecule has 0 fully saturated rings. The molecule has 0 saturated heterocycles. The second-order valence-electron chi connectivity index (χ2n) is 5.09. The number of aromatic nitrogens is 2. The fourth-order valence-corrected chi connectivity index (χ4v) is 3.98. The highest BCUT2D eigenvalue weighted by Crippen LogP contribution is 2.24. The highest BCUT2D eigenvalue weighted by atomic mass is 32.2. The van der Waals surface area contributed by atoms with Gasteiger partial charge in [0.05, 0.1) is 11.4 Å². The van der Waals surface area contributed by atoms with E-state index in [0.717, 1.165) is 17.8 Å². The van der Waals surface area contributed by atoms with Crippen molar-refractivity contribution in [2.75, 3.05) is 12.3 Å². The fraction of sp³-hybridized carbons (Fsp3) is 0.357. The van der Waals surface area contributed by atoms with Gasteiger partial charge in [0.1, 0.15) is 5.82 Å². The zero-order valence-corrected chi connectivity index (χ0v) is 12.7. The lowest BCUT2D eigenvalue weighted by molar-refractivity contribution is 0.335. The summed E-state index contributed by atoms with van der Waals surface area (Å²) in [5.74, 6) is 0.767. The molecule has 112 valence electrons. The molecule has 1 aromatic heterocycles. The van der Waals surface area contributed by atoms with Crippen molar-refractivity contribution < 1.29 is 8.42 Å². The lowest BCUT2D eigenvalue weighted by Crippen LogP contribution is -2.38. The molecule has 0 bridgehead atoms. The van der Waals surface area contributed by atoms with E-state index in [2.05, 4.69) is 4.98 Å². The van der Waals surface area contributed by atoms with E-state index in [1.165, 1.54) is 4.31 Å². The highest BCUT2D eigenvalue weighted by Gasteiger charge is 2.29. The number of anilines is 1. The van der Waals surface area contributed by atoms with Gasteiger partial charge in [-0.05, 0) is 24.1 Å². The van der Waals surface area contributed by atoms with Gasteiger partial charge in [-0.2, -0.15) is 4.31 Å². The van der Waals surface area contributed by atoms with E-state index in [0.29, 0.717) is 25.3 Å². The average molecular weight is 306 g/mol. The summed E-state index contributed by atoms with van der Waals surface area (Å²) in [5.41, 5.74) is 7.41. The van der Waals surface area contributed by atoms with Crippen LogP contribution < -0.4 is 5.73 Å². The van der Waals surface area contributed by atoms with E-state index in [9.17, 15) is 8.42 Å². The van der Waals surface area contributed by atoms with Gasteiger partial charge < -0.3 is 10.3 Å². The molecule has 21 heavy (non-hydrogen) atoms. The maximum Gasteiger partial charge on any atom is 0.243 e. The zero-order chi connectivity index (χ0) is 15.0. The van der Waals surface area contributed by atoms with Crippen LogP contribution >= 0.6 is 0 Å². The van der Waals surface area contributed by atoms with Crippen molar-refractivity contribution in [2.45, 2.75) is 31.3 Å². The highest BCUT2D eigenvalue weighted by molar-refractivity contribution is 7.89. The summed E-state index contributed by atoms with van der Waals surface area (Å²) >= 11 is 0. The molecule has 1 aromatic carbocycles. The minimum Gasteiger partial charge on any atom is -0.398 e. The lowest BCUT2D eigenvalue weighted by Gasteiger charge is -2.27. The van der Waals surface area contributed by atoms with E-state index >= 15 is 0 Å². The Kier molecular flexibility index (Phi) is 3.46. The van der Waals surface area contributed by atoms with Gasteiger partial charge in [-0.25, -0.2) is 13.4 Å². The summed E-state index contributed by atoms with van der Waals surface area (Å²) in [5, 5.41) is 0. The van der Waals surface area contributed by atoms with E-state index in [-0.39, 0.29) is 4.90 Å². The third kappa shape index (κ3) is 2.43. The summed E-state index contributed by atoms with van der Waals surface area (Å²) < 4.78 is 28.8. The molecular formula is C14H18N4O2S. The fourth-order valence-electron chi connectivity index (χ4n) is 2.56. The van der Waals surface area contributed by atoms with Crippen LogP contribution in [0.15, 0.2) is 35.5 Å². The van der Waals surface area contributed by atoms with Crippen LogP contribution in [0.5, 0.6) is 0 Å². The summed E-state index contributed by atoms with van der Waals surface area (Å²) in [6, 6.07) is 4.97. The molecule has 2 N–H and O–H groups in total. The third-order valence-electron chi connectivity index (χ3n) is 3.85. The van der Waals surface area contributed by atoms with Crippen LogP contribution in [-0.4, -0.2) is 28.8 Å². The molecule has 6 nitrogen and oxygen atoms in total. The molecular weight excluding hydrogens is 288 g/mol. The first-order valence-electron chi connectivity index (χ1n) is 6.91. The van der Waals surface area contributed by atoms with Gasteiger partial charge >= 0.3 is 0 Å². The maximum absolute atomic E-state index is 12.7. The molecule has 0 radical (unpaired) electrons. The van der Waals surface area contributed by atoms with Gasteiger partial charge in [0.15, 0.2) is 0 Å². The zero-order valence-electron chi connectivity index (χ0n) is 11.9. The first-order chi connectivity index (χ1) is 10.0. The predicted octanol–water partition coefficient (Wildman–Crippen LogP) is 1.23. The summed E-state index contributed by atoms with van der Waals surface area (Å²) in [6.45, 7) is 3.35. The smallest absolute Gasteiger partial charge is 0.243 e. The SMILES string of the molecule is CCc1ccc(S(=O)(=O)N2CCn3ccnc3C2)cc1N. The van der Waals surface area contributed by atoms with Gasteiger partial charge in [0.25, 0.3) is 0 Å². The van der Waals surface area contributed by atoms with Gasteiger partial charge in [0.2, 0.25) is 10.0 Å². The standard InChI is InChI=1S/C14H18N4O2S/c1-2-11-3-4-12(9-13(11)15)21(19,20)18-8-7-17-6-5-16-14(17)10-18/h3-6,9H,2,7-8,10,15H2,1H3. The number of sulfonamides is 1. The largest absolute Gasteiger partial charge is 0.398 e. The Bertz CT molecular complexity index is 767. The number of nitrogens with zero attached hydrogens (tertiary/aromatic N) is 3. The van der Waals surface area contributed by atoms with Crippen molar-refractivity contribution in [1.82, 2.24) is 13.9 Å². The molecule has 2 heterocycles. The molecule has 0 saturated carbocycles. The molecule has 7 heteroatoms. The normalized spacial score (nSPS) is 15.9. The van der Waals surface area contributed by atoms with Gasteiger partial charge in [-0.15, -0.1) is 0 Å². The van der Waals surface area contributed by atoms with Gasteiger partial charge in [-0.3, -0.25) is 0 Å². The topological polar surface area (TPSA) is 81.2 Å². The minimum atomic E-state index is -3.53. The van der Waals surface area contributed by atoms with Crippen molar-refractivity contribution >= 4 is 15.7 Å². The summed E-state index contributed by atoms with van der Waals surface area (Å²) in [7, 11) is -3.53. The van der Waals surface area contributed by atoms with Crippen molar-refractivity contribution in [2.24, 2.45) is 0 Å². The van der Waals surface area contributed by atoms with Crippen LogP contribution in [0, 0.1) is 0 Å². The second kappa shape index (κ2) is 5.16. The maximum atomic E-state index is 12.7. The number of hydrogen-bond donors (Lipinski definition) is 1. The van der Waals surface area contributed by atoms with Crippen molar-refractivity contribution in [1.29, 1.82) is 0 Å². The Morgan fingerprint density at radius 2 is 2.14 bits per heavy atom. The number of nitrogens with two attached hydrogens (primary N) is 1. The molecule has 0 unspecified atom stereocenters. The molecule has 0 spiro atoms. The van der Waals surface area contributed by atoms with E-state index in [1.54, 1.807) is 24.4 Å². The first kappa shape index (κ1) is 14.1. The number of hydrogen-bond acceptors (Lipinski definition) is 4. The Labute approximate surface area is 124 Å². The number of benzene rings is 1. The van der Waals surface area contributed by atoms with E-state index < -0.39 is 10.0 Å². The first-order valence-corrected chi connectivity index (χ1v) is 8.35. The van der Waals surface area contributed by atoms with Crippen molar-refractivity contribution in [3.05, 3.63) is 42.0 Å². The van der Waals surface area contributed by atoms with Crippen molar-refractivity contribution in [3.8, 4) is 0 Å². The van der Waals surface area contributed by atoms with E-state index in [1.807, 2.05) is 17.7 Å². The second-order valence-corrected chi connectivity index (χ2v) is 7.03. The van der Waals surface area contributed by atoms with E-state index in [4.69, 9.17) is 5.73 Å². The van der Waals surface area contributed by atoms with Crippen LogP contribution in [0.1, 0.15) is 18.3 Å². The average Bonchev–Trinajstić information content (AvgIpc) is 2.94. The quantitative estimate of drug-likeness (QED) is 0.865. The number of aryl methyl sites for hydroxylation is 1. The summed E-state index contributed by atoms with van der Waals surface area (Å²) in [4.78, 5) is 4.44. The van der Waals surface area contributed by atoms with Crippen LogP contribution in [0.3, 0.4) is 0 Å². The van der Waals surface area contributed by atoms with Crippen LogP contribution in [-0.2, 0) is 29.5 Å². The number of imidazole rings is 1. The third-order valence-corrected chi connectivity index (χ3v) is 5.69. The Morgan fingerprint density at radius 1 is 1.33 bits per heavy atom. The monoisotopic (exact) mass is 306 g/mol. The Hall–Kier alpha value is -1.86. The minimum absolute atomic E-state index is 0.247. The lowest BCUT2D eigenvalue weighted by atomic mass is 10.1. The van der Waals surface area contributed by atoms with Gasteiger partial charge in [-0.1, -0.05) is 13.0 Å². The van der Waals surface area contributed by atoms with Crippen molar-refractivity contribution in [3.63, 3.8) is 0 Å². The number of nitrogen functional groups attached to an aromatic ring is 1. The molecule has 2 aromatic rings. The van der Waals surface area contributed by atoms with Crippen LogP contribution in [0.2, 0.25) is 0 Å².